The number of fused-ring (bicyclic) bond motifs is 1. The molecule has 0 aliphatic carbocycles. The summed E-state index contributed by atoms with van der Waals surface area (Å²) in [6.45, 7) is 5.12. The van der Waals surface area contributed by atoms with Gasteiger partial charge in [0.2, 0.25) is 17.7 Å². The minimum Gasteiger partial charge on any atom is -0.370 e. The first kappa shape index (κ1) is 38.1. The summed E-state index contributed by atoms with van der Waals surface area (Å²) in [6.07, 6.45) is 12.5. The van der Waals surface area contributed by atoms with Crippen molar-refractivity contribution in [2.45, 2.75) is 57.5 Å². The lowest BCUT2D eigenvalue weighted by molar-refractivity contribution is -0.135. The molecule has 0 radical (unpaired) electrons. The standard InChI is InChI=1S/C45H45N11O5/c1-28-33(14-18-47-42(28)54-23-22-53(45(54)61)32-6-4-17-46-26-32)34-11-10-31(52-19-5-9-40(52)58)24-35(34)29-25-48-55(27-29)30-15-20-51(21-16-30)36-7-3-8-37-41(36)50(2)44(60)56(37)38-12-13-39(57)49-43(38)59/h3-4,6-8,10-11,14,17-18,24-27,30,38H,5,9,12-13,15-16,19-23H2,1-2H3,(H,49,57,59). The molecule has 6 aromatic rings. The molecule has 1 unspecified atom stereocenters. The van der Waals surface area contributed by atoms with Gasteiger partial charge in [-0.15, -0.1) is 0 Å². The van der Waals surface area contributed by atoms with Gasteiger partial charge in [-0.05, 0) is 97.3 Å². The molecule has 10 rings (SSSR count). The molecule has 4 saturated heterocycles. The van der Waals surface area contributed by atoms with E-state index >= 15 is 0 Å². The lowest BCUT2D eigenvalue weighted by Gasteiger charge is -2.34. The molecule has 2 aromatic carbocycles. The van der Waals surface area contributed by atoms with Gasteiger partial charge in [-0.3, -0.25) is 48.3 Å². The van der Waals surface area contributed by atoms with Crippen LogP contribution in [0.2, 0.25) is 0 Å². The summed E-state index contributed by atoms with van der Waals surface area (Å²) in [5.74, 6) is -0.0624. The van der Waals surface area contributed by atoms with Gasteiger partial charge in [-0.1, -0.05) is 12.1 Å². The smallest absolute Gasteiger partial charge is 0.330 e. The second-order valence-corrected chi connectivity index (χ2v) is 16.2. The Hall–Kier alpha value is -7.10. The highest BCUT2D eigenvalue weighted by Crippen LogP contribution is 2.41. The Labute approximate surface area is 351 Å². The number of nitrogens with zero attached hydrogens (tertiary/aromatic N) is 10. The van der Waals surface area contributed by atoms with Crippen LogP contribution in [0.4, 0.5) is 27.7 Å². The quantitative estimate of drug-likeness (QED) is 0.199. The third-order valence-corrected chi connectivity index (χ3v) is 12.8. The van der Waals surface area contributed by atoms with Gasteiger partial charge in [0, 0.05) is 82.5 Å². The SMILES string of the molecule is Cc1c(-c2ccc(N3CCCC3=O)cc2-c2cnn(C3CCN(c4cccc5c4n(C)c(=O)n5C4CCC(=O)NC4=O)CC3)c2)ccnc1N1CCN(c2cccnc2)C1=O. The highest BCUT2D eigenvalue weighted by Gasteiger charge is 2.35. The number of hydrogen-bond acceptors (Lipinski definition) is 9. The fourth-order valence-corrected chi connectivity index (χ4v) is 9.62. The van der Waals surface area contributed by atoms with Crippen molar-refractivity contribution in [1.82, 2.24) is 34.2 Å². The highest BCUT2D eigenvalue weighted by atomic mass is 16.2. The zero-order valence-corrected chi connectivity index (χ0v) is 34.0. The Morgan fingerprint density at radius 3 is 2.36 bits per heavy atom. The largest absolute Gasteiger partial charge is 0.370 e. The van der Waals surface area contributed by atoms with Crippen molar-refractivity contribution in [3.63, 3.8) is 0 Å². The number of imide groups is 1. The predicted octanol–water partition coefficient (Wildman–Crippen LogP) is 5.36. The van der Waals surface area contributed by atoms with E-state index in [1.807, 2.05) is 65.2 Å². The van der Waals surface area contributed by atoms with Crippen molar-refractivity contribution in [3.05, 3.63) is 102 Å². The Morgan fingerprint density at radius 1 is 0.754 bits per heavy atom. The normalized spacial score (nSPS) is 18.9. The number of rotatable bonds is 8. The minimum atomic E-state index is -0.747. The molecule has 61 heavy (non-hydrogen) atoms. The first-order valence-electron chi connectivity index (χ1n) is 20.9. The van der Waals surface area contributed by atoms with Crippen molar-refractivity contribution >= 4 is 57.7 Å². The van der Waals surface area contributed by atoms with Gasteiger partial charge in [0.15, 0.2) is 0 Å². The van der Waals surface area contributed by atoms with E-state index in [0.717, 1.165) is 82.7 Å². The number of benzene rings is 2. The topological polar surface area (TPSA) is 164 Å². The number of aryl methyl sites for hydroxylation is 1. The number of carbonyl (C=O) groups excluding carboxylic acids is 4. The number of para-hydroxylation sites is 1. The van der Waals surface area contributed by atoms with Crippen LogP contribution >= 0.6 is 0 Å². The fraction of sp³-hybridized carbons (Fsp3) is 0.333. The van der Waals surface area contributed by atoms with E-state index in [0.29, 0.717) is 37.4 Å². The van der Waals surface area contributed by atoms with Gasteiger partial charge in [0.05, 0.1) is 40.8 Å². The Balaban J connectivity index is 0.933. The molecule has 0 bridgehead atoms. The fourth-order valence-electron chi connectivity index (χ4n) is 9.62. The summed E-state index contributed by atoms with van der Waals surface area (Å²) >= 11 is 0. The molecule has 16 heteroatoms. The molecule has 4 fully saturated rings. The van der Waals surface area contributed by atoms with Crippen LogP contribution in [-0.4, -0.2) is 85.4 Å². The average Bonchev–Trinajstić information content (AvgIpc) is 4.08. The summed E-state index contributed by atoms with van der Waals surface area (Å²) < 4.78 is 5.18. The van der Waals surface area contributed by atoms with E-state index < -0.39 is 11.9 Å². The predicted molar refractivity (Wildman–Crippen MR) is 231 cm³/mol. The van der Waals surface area contributed by atoms with Crippen molar-refractivity contribution in [2.24, 2.45) is 7.05 Å². The summed E-state index contributed by atoms with van der Waals surface area (Å²) in [7, 11) is 1.73. The molecule has 310 valence electrons. The monoisotopic (exact) mass is 819 g/mol. The molecular weight excluding hydrogens is 775 g/mol. The Bertz CT molecular complexity index is 2800. The molecule has 4 aromatic heterocycles. The number of pyridine rings is 2. The van der Waals surface area contributed by atoms with Crippen molar-refractivity contribution in [3.8, 4) is 22.3 Å². The number of carbonyl (C=O) groups is 4. The minimum absolute atomic E-state index is 0.109. The maximum atomic E-state index is 13.7. The number of aromatic nitrogens is 6. The number of imidazole rings is 1. The van der Waals surface area contributed by atoms with Crippen LogP contribution in [0.25, 0.3) is 33.3 Å². The summed E-state index contributed by atoms with van der Waals surface area (Å²) in [4.78, 5) is 81.4. The molecule has 0 spiro atoms. The zero-order chi connectivity index (χ0) is 41.9. The van der Waals surface area contributed by atoms with Crippen LogP contribution in [0.15, 0.2) is 90.4 Å². The van der Waals surface area contributed by atoms with E-state index in [-0.39, 0.29) is 42.4 Å². The first-order chi connectivity index (χ1) is 29.7. The van der Waals surface area contributed by atoms with E-state index in [2.05, 4.69) is 33.5 Å². The van der Waals surface area contributed by atoms with E-state index in [1.54, 1.807) is 40.0 Å². The Morgan fingerprint density at radius 2 is 1.59 bits per heavy atom. The van der Waals surface area contributed by atoms with Gasteiger partial charge < -0.3 is 9.80 Å². The van der Waals surface area contributed by atoms with E-state index in [1.165, 1.54) is 4.57 Å². The summed E-state index contributed by atoms with van der Waals surface area (Å²) in [6, 6.07) is 16.8. The number of amides is 5. The number of anilines is 4. The van der Waals surface area contributed by atoms with Crippen LogP contribution in [0.1, 0.15) is 56.2 Å². The molecule has 8 heterocycles. The highest BCUT2D eigenvalue weighted by molar-refractivity contribution is 6.06. The van der Waals surface area contributed by atoms with Crippen molar-refractivity contribution in [1.29, 1.82) is 0 Å². The number of piperidine rings is 2. The molecule has 4 aliphatic heterocycles. The van der Waals surface area contributed by atoms with E-state index in [9.17, 15) is 24.0 Å². The Kier molecular flexibility index (Phi) is 9.48. The lowest BCUT2D eigenvalue weighted by Crippen LogP contribution is -2.44. The summed E-state index contributed by atoms with van der Waals surface area (Å²) in [5.41, 5.74) is 8.24. The van der Waals surface area contributed by atoms with Gasteiger partial charge in [-0.25, -0.2) is 14.6 Å². The van der Waals surface area contributed by atoms with Crippen molar-refractivity contribution < 1.29 is 19.2 Å². The van der Waals surface area contributed by atoms with Gasteiger partial charge in [0.25, 0.3) is 0 Å². The van der Waals surface area contributed by atoms with Gasteiger partial charge in [-0.2, -0.15) is 5.10 Å². The lowest BCUT2D eigenvalue weighted by atomic mass is 9.93. The maximum Gasteiger partial charge on any atom is 0.330 e. The second-order valence-electron chi connectivity index (χ2n) is 16.2. The van der Waals surface area contributed by atoms with Crippen LogP contribution in [-0.2, 0) is 21.4 Å². The number of hydrogen-bond donors (Lipinski definition) is 1. The molecule has 1 N–H and O–H groups in total. The van der Waals surface area contributed by atoms with Gasteiger partial charge >= 0.3 is 11.7 Å². The van der Waals surface area contributed by atoms with Crippen LogP contribution < -0.4 is 30.6 Å². The molecular formula is C45H45N11O5. The average molecular weight is 820 g/mol. The van der Waals surface area contributed by atoms with Gasteiger partial charge in [0.1, 0.15) is 11.9 Å². The third kappa shape index (κ3) is 6.53. The summed E-state index contributed by atoms with van der Waals surface area (Å²) in [5, 5.41) is 7.31. The third-order valence-electron chi connectivity index (χ3n) is 12.8. The zero-order valence-electron chi connectivity index (χ0n) is 34.0. The van der Waals surface area contributed by atoms with Crippen LogP contribution in [0.3, 0.4) is 0 Å². The number of nitrogens with one attached hydrogen (secondary N) is 1. The van der Waals surface area contributed by atoms with Crippen LogP contribution in [0, 0.1) is 6.92 Å². The van der Waals surface area contributed by atoms with Crippen molar-refractivity contribution in [2.75, 3.05) is 52.3 Å². The molecule has 4 aliphatic rings. The maximum absolute atomic E-state index is 13.7. The van der Waals surface area contributed by atoms with E-state index in [4.69, 9.17) is 10.1 Å². The number of urea groups is 1. The van der Waals surface area contributed by atoms with Crippen LogP contribution in [0.5, 0.6) is 0 Å². The molecule has 5 amide bonds. The second kappa shape index (κ2) is 15.2. The molecule has 1 atom stereocenters. The molecule has 16 nitrogen and oxygen atoms in total. The first-order valence-corrected chi connectivity index (χ1v) is 20.9. The molecule has 0 saturated carbocycles.